The Hall–Kier alpha value is -3.26. The van der Waals surface area contributed by atoms with E-state index in [1.165, 1.54) is 11.3 Å². The number of carbonyl (C=O) groups excluding carboxylic acids is 3. The van der Waals surface area contributed by atoms with E-state index in [2.05, 4.69) is 50.0 Å². The summed E-state index contributed by atoms with van der Waals surface area (Å²) in [6, 6.07) is 13.1. The minimum Gasteiger partial charge on any atom is -0.494 e. The number of imide groups is 1. The van der Waals surface area contributed by atoms with Crippen LogP contribution in [-0.4, -0.2) is 47.2 Å². The van der Waals surface area contributed by atoms with Gasteiger partial charge in [-0.2, -0.15) is 0 Å². The molecule has 2 aliphatic rings. The Kier molecular flexibility index (Phi) is 7.45. The van der Waals surface area contributed by atoms with Crippen LogP contribution >= 0.6 is 11.8 Å². The van der Waals surface area contributed by atoms with Crippen LogP contribution in [0.3, 0.4) is 0 Å². The summed E-state index contributed by atoms with van der Waals surface area (Å²) >= 11 is 0.867. The van der Waals surface area contributed by atoms with E-state index in [4.69, 9.17) is 4.74 Å². The first-order valence-corrected chi connectivity index (χ1v) is 13.1. The van der Waals surface area contributed by atoms with E-state index in [0.717, 1.165) is 35.2 Å². The van der Waals surface area contributed by atoms with Gasteiger partial charge < -0.3 is 15.0 Å². The van der Waals surface area contributed by atoms with Crippen LogP contribution in [-0.2, 0) is 9.59 Å². The standard InChI is InChI=1S/C28H33N3O4S/c1-6-31-23-13-8-19(14-22(23)18(3)16-28(31,4)5)15-24-26(33)30(27(34)36-24)17-25(32)29-20-9-11-21(12-10-20)35-7-2/h8-15,18H,6-7,16-17H2,1-5H3,(H,29,32)/b24-15+. The number of carbonyl (C=O) groups is 3. The van der Waals surface area contributed by atoms with Crippen molar-refractivity contribution >= 4 is 46.3 Å². The molecule has 3 amide bonds. The normalized spacial score (nSPS) is 20.0. The monoisotopic (exact) mass is 507 g/mol. The molecule has 2 heterocycles. The maximum Gasteiger partial charge on any atom is 0.294 e. The molecule has 8 heteroatoms. The Morgan fingerprint density at radius 2 is 1.89 bits per heavy atom. The lowest BCUT2D eigenvalue weighted by molar-refractivity contribution is -0.127. The number of benzene rings is 2. The van der Waals surface area contributed by atoms with Gasteiger partial charge in [-0.3, -0.25) is 19.3 Å². The smallest absolute Gasteiger partial charge is 0.294 e. The number of nitrogens with one attached hydrogen (secondary N) is 1. The highest BCUT2D eigenvalue weighted by Gasteiger charge is 2.37. The second kappa shape index (κ2) is 10.4. The van der Waals surface area contributed by atoms with E-state index in [-0.39, 0.29) is 12.1 Å². The molecule has 0 aliphatic carbocycles. The third-order valence-electron chi connectivity index (χ3n) is 6.65. The van der Waals surface area contributed by atoms with Crippen LogP contribution in [0.2, 0.25) is 0 Å². The van der Waals surface area contributed by atoms with Gasteiger partial charge in [-0.1, -0.05) is 13.0 Å². The molecule has 2 aromatic rings. The van der Waals surface area contributed by atoms with Crippen LogP contribution in [0.1, 0.15) is 58.1 Å². The van der Waals surface area contributed by atoms with Gasteiger partial charge >= 0.3 is 0 Å². The van der Waals surface area contributed by atoms with Gasteiger partial charge in [0.1, 0.15) is 12.3 Å². The van der Waals surface area contributed by atoms with Crippen LogP contribution < -0.4 is 15.0 Å². The number of ether oxygens (including phenoxy) is 1. The minimum atomic E-state index is -0.450. The number of amides is 3. The van der Waals surface area contributed by atoms with E-state index < -0.39 is 17.1 Å². The van der Waals surface area contributed by atoms with E-state index in [1.54, 1.807) is 30.3 Å². The predicted molar refractivity (Wildman–Crippen MR) is 145 cm³/mol. The third kappa shape index (κ3) is 5.28. The number of fused-ring (bicyclic) bond motifs is 1. The van der Waals surface area contributed by atoms with Crippen molar-refractivity contribution in [3.8, 4) is 5.75 Å². The van der Waals surface area contributed by atoms with E-state index in [1.807, 2.05) is 13.0 Å². The molecule has 1 saturated heterocycles. The number of nitrogens with zero attached hydrogens (tertiary/aromatic N) is 2. The Balaban J connectivity index is 1.46. The molecule has 190 valence electrons. The summed E-state index contributed by atoms with van der Waals surface area (Å²) < 4.78 is 5.40. The maximum absolute atomic E-state index is 13.0. The number of anilines is 2. The molecule has 0 spiro atoms. The molecule has 1 fully saturated rings. The molecular formula is C28H33N3O4S. The minimum absolute atomic E-state index is 0.0806. The summed E-state index contributed by atoms with van der Waals surface area (Å²) in [6.45, 7) is 12.0. The van der Waals surface area contributed by atoms with E-state index >= 15 is 0 Å². The van der Waals surface area contributed by atoms with Crippen molar-refractivity contribution in [2.75, 3.05) is 29.9 Å². The Bertz CT molecular complexity index is 1210. The summed E-state index contributed by atoms with van der Waals surface area (Å²) in [5.41, 5.74) is 3.99. The third-order valence-corrected chi connectivity index (χ3v) is 7.56. The van der Waals surface area contributed by atoms with Crippen LogP contribution in [0.15, 0.2) is 47.4 Å². The highest BCUT2D eigenvalue weighted by Crippen LogP contribution is 2.44. The van der Waals surface area contributed by atoms with Gasteiger partial charge in [-0.15, -0.1) is 0 Å². The molecule has 2 aliphatic heterocycles. The lowest BCUT2D eigenvalue weighted by Crippen LogP contribution is -2.48. The van der Waals surface area contributed by atoms with Gasteiger partial charge in [-0.25, -0.2) is 0 Å². The topological polar surface area (TPSA) is 79.0 Å². The fourth-order valence-corrected chi connectivity index (χ4v) is 5.97. The molecule has 4 rings (SSSR count). The van der Waals surface area contributed by atoms with Gasteiger partial charge in [0.05, 0.1) is 11.5 Å². The van der Waals surface area contributed by atoms with Gasteiger partial charge in [0, 0.05) is 23.5 Å². The highest BCUT2D eigenvalue weighted by molar-refractivity contribution is 8.18. The molecule has 1 unspecified atom stereocenters. The maximum atomic E-state index is 13.0. The van der Waals surface area contributed by atoms with Crippen molar-refractivity contribution in [1.82, 2.24) is 4.90 Å². The molecule has 0 saturated carbocycles. The lowest BCUT2D eigenvalue weighted by atomic mass is 9.79. The largest absolute Gasteiger partial charge is 0.494 e. The number of hydrogen-bond donors (Lipinski definition) is 1. The van der Waals surface area contributed by atoms with Crippen molar-refractivity contribution in [3.05, 3.63) is 58.5 Å². The van der Waals surface area contributed by atoms with Crippen LogP contribution in [0, 0.1) is 0 Å². The van der Waals surface area contributed by atoms with Crippen LogP contribution in [0.5, 0.6) is 5.75 Å². The number of rotatable bonds is 7. The first-order chi connectivity index (χ1) is 17.1. The summed E-state index contributed by atoms with van der Waals surface area (Å²) in [6.07, 6.45) is 2.79. The molecular weight excluding hydrogens is 474 g/mol. The van der Waals surface area contributed by atoms with E-state index in [9.17, 15) is 14.4 Å². The zero-order valence-electron chi connectivity index (χ0n) is 21.5. The van der Waals surface area contributed by atoms with Crippen molar-refractivity contribution in [2.45, 2.75) is 52.5 Å². The average molecular weight is 508 g/mol. The molecule has 7 nitrogen and oxygen atoms in total. The van der Waals surface area contributed by atoms with Crippen molar-refractivity contribution in [1.29, 1.82) is 0 Å². The summed E-state index contributed by atoms with van der Waals surface area (Å²) in [7, 11) is 0. The van der Waals surface area contributed by atoms with Crippen molar-refractivity contribution in [3.63, 3.8) is 0 Å². The molecule has 1 atom stereocenters. The van der Waals surface area contributed by atoms with Gasteiger partial charge in [-0.05, 0) is 105 Å². The molecule has 0 bridgehead atoms. The van der Waals surface area contributed by atoms with Crippen molar-refractivity contribution in [2.24, 2.45) is 0 Å². The molecule has 2 aromatic carbocycles. The summed E-state index contributed by atoms with van der Waals surface area (Å²) in [5, 5.41) is 2.28. The quantitative estimate of drug-likeness (QED) is 0.472. The Morgan fingerprint density at radius 3 is 2.56 bits per heavy atom. The van der Waals surface area contributed by atoms with Gasteiger partial charge in [0.25, 0.3) is 11.1 Å². The van der Waals surface area contributed by atoms with Crippen LogP contribution in [0.4, 0.5) is 16.2 Å². The number of thioether (sulfide) groups is 1. The van der Waals surface area contributed by atoms with Crippen molar-refractivity contribution < 1.29 is 19.1 Å². The molecule has 0 radical (unpaired) electrons. The first-order valence-electron chi connectivity index (χ1n) is 12.3. The van der Waals surface area contributed by atoms with Crippen LogP contribution in [0.25, 0.3) is 6.08 Å². The Labute approximate surface area is 216 Å². The zero-order chi connectivity index (χ0) is 26.0. The van der Waals surface area contributed by atoms with Gasteiger partial charge in [0.2, 0.25) is 5.91 Å². The van der Waals surface area contributed by atoms with Gasteiger partial charge in [0.15, 0.2) is 0 Å². The fourth-order valence-electron chi connectivity index (χ4n) is 5.13. The zero-order valence-corrected chi connectivity index (χ0v) is 22.3. The summed E-state index contributed by atoms with van der Waals surface area (Å²) in [4.78, 5) is 41.8. The predicted octanol–water partition coefficient (Wildman–Crippen LogP) is 5.87. The lowest BCUT2D eigenvalue weighted by Gasteiger charge is -2.47. The molecule has 36 heavy (non-hydrogen) atoms. The Morgan fingerprint density at radius 1 is 1.17 bits per heavy atom. The van der Waals surface area contributed by atoms with E-state index in [0.29, 0.717) is 28.9 Å². The second-order valence-corrected chi connectivity index (χ2v) is 10.7. The second-order valence-electron chi connectivity index (χ2n) is 9.75. The number of hydrogen-bond acceptors (Lipinski definition) is 6. The summed E-state index contributed by atoms with van der Waals surface area (Å²) in [5.74, 6) is 0.197. The SMILES string of the molecule is CCOc1ccc(NC(=O)CN2C(=O)S/C(=C/c3ccc4c(c3)C(C)CC(C)(C)N4CC)C2=O)cc1. The molecule has 1 N–H and O–H groups in total. The first kappa shape index (κ1) is 25.8. The molecule has 0 aromatic heterocycles. The fraction of sp³-hybridized carbons (Fsp3) is 0.393. The average Bonchev–Trinajstić information content (AvgIpc) is 3.08. The highest BCUT2D eigenvalue weighted by atomic mass is 32.2.